The summed E-state index contributed by atoms with van der Waals surface area (Å²) in [6, 6.07) is 0. The Morgan fingerprint density at radius 2 is 1.00 bits per heavy atom. The van der Waals surface area contributed by atoms with Crippen LogP contribution in [0.2, 0.25) is 0 Å². The standard InChI is InChI=1S/C40H78O17P2/c1-3-5-6-7-8-9-10-11-12-13-17-20-23-27-34(42)55-33(29-53-31-52-28-24-21-18-15-14-16-19-22-26-32(41)25-4-2)30-54-59(50,51)57-40-37(45)35(43)36(44)39(38(40)46)56-58(47,48)49/h33,35-40,43-46H,3-31H2,1-2H3,(H,50,51)(H2,47,48,49)/t33-,35-,36?,37?,38+,39+,40?/m1/s1. The van der Waals surface area contributed by atoms with Gasteiger partial charge >= 0.3 is 21.6 Å². The largest absolute Gasteiger partial charge is 0.472 e. The van der Waals surface area contributed by atoms with Gasteiger partial charge in [-0.25, -0.2) is 9.13 Å². The summed E-state index contributed by atoms with van der Waals surface area (Å²) in [6.45, 7) is 3.48. The quantitative estimate of drug-likeness (QED) is 0.0147. The van der Waals surface area contributed by atoms with E-state index in [4.69, 9.17) is 33.0 Å². The van der Waals surface area contributed by atoms with E-state index in [-0.39, 0.29) is 19.8 Å². The molecule has 1 rings (SSSR count). The van der Waals surface area contributed by atoms with Gasteiger partial charge in [-0.05, 0) is 25.7 Å². The third-order valence-corrected chi connectivity index (χ3v) is 11.8. The third-order valence-electron chi connectivity index (χ3n) is 10.3. The van der Waals surface area contributed by atoms with Crippen LogP contribution in [0.25, 0.3) is 0 Å². The molecule has 0 bridgehead atoms. The SMILES string of the molecule is CCCCCCCCCCCCCCCC(=O)O[C@H](COCOCCCCCCCCCCC(=O)CCC)COP(=O)(O)OC1C(O)[C@H](O)C(O)[C@H](OP(=O)(O)O)[C@@H]1O. The molecule has 0 heterocycles. The van der Waals surface area contributed by atoms with E-state index in [0.717, 1.165) is 83.5 Å². The van der Waals surface area contributed by atoms with Crippen molar-refractivity contribution in [3.8, 4) is 0 Å². The summed E-state index contributed by atoms with van der Waals surface area (Å²) < 4.78 is 55.1. The molecule has 1 fully saturated rings. The molecular weight excluding hydrogens is 814 g/mol. The minimum Gasteiger partial charge on any atom is -0.457 e. The van der Waals surface area contributed by atoms with Gasteiger partial charge in [0.25, 0.3) is 0 Å². The Bertz CT molecular complexity index is 1170. The number of carbonyl (C=O) groups is 2. The predicted octanol–water partition coefficient (Wildman–Crippen LogP) is 6.69. The van der Waals surface area contributed by atoms with Crippen LogP contribution < -0.4 is 0 Å². The molecule has 0 spiro atoms. The average molecular weight is 893 g/mol. The van der Waals surface area contributed by atoms with Crippen molar-refractivity contribution in [3.63, 3.8) is 0 Å². The highest BCUT2D eigenvalue weighted by Gasteiger charge is 2.54. The lowest BCUT2D eigenvalue weighted by atomic mass is 9.85. The number of Topliss-reactive ketones (excluding diaryl/α,β-unsaturated/α-hetero) is 1. The van der Waals surface area contributed by atoms with Crippen molar-refractivity contribution in [3.05, 3.63) is 0 Å². The first-order chi connectivity index (χ1) is 28.1. The first kappa shape index (κ1) is 56.1. The van der Waals surface area contributed by atoms with Crippen LogP contribution in [-0.2, 0) is 46.5 Å². The molecule has 0 amide bonds. The molecule has 1 saturated carbocycles. The monoisotopic (exact) mass is 892 g/mol. The Balaban J connectivity index is 2.55. The smallest absolute Gasteiger partial charge is 0.457 e. The fourth-order valence-corrected chi connectivity index (χ4v) is 8.43. The number of carbonyl (C=O) groups excluding carboxylic acids is 2. The van der Waals surface area contributed by atoms with Crippen LogP contribution in [0.1, 0.15) is 174 Å². The number of unbranched alkanes of at least 4 members (excludes halogenated alkanes) is 19. The predicted molar refractivity (Wildman–Crippen MR) is 220 cm³/mol. The zero-order chi connectivity index (χ0) is 43.9. The molecule has 19 heteroatoms. The van der Waals surface area contributed by atoms with E-state index in [1.165, 1.54) is 51.4 Å². The van der Waals surface area contributed by atoms with Crippen LogP contribution in [0.5, 0.6) is 0 Å². The lowest BCUT2D eigenvalue weighted by Crippen LogP contribution is -2.64. The maximum Gasteiger partial charge on any atom is 0.472 e. The number of esters is 1. The van der Waals surface area contributed by atoms with Crippen LogP contribution in [0.4, 0.5) is 0 Å². The highest BCUT2D eigenvalue weighted by molar-refractivity contribution is 7.47. The number of ketones is 1. The second-order valence-corrected chi connectivity index (χ2v) is 18.3. The number of ether oxygens (including phenoxy) is 3. The van der Waals surface area contributed by atoms with Gasteiger partial charge in [0, 0.05) is 25.9 Å². The molecule has 0 aromatic heterocycles. The topological polar surface area (TPSA) is 265 Å². The maximum atomic E-state index is 12.9. The van der Waals surface area contributed by atoms with Crippen molar-refractivity contribution in [2.24, 2.45) is 0 Å². The first-order valence-electron chi connectivity index (χ1n) is 22.1. The summed E-state index contributed by atoms with van der Waals surface area (Å²) in [5.41, 5.74) is 0. The normalized spacial score (nSPS) is 22.6. The van der Waals surface area contributed by atoms with Gasteiger partial charge < -0.3 is 49.3 Å². The Hall–Kier alpha value is -0.880. The van der Waals surface area contributed by atoms with Crippen LogP contribution in [0.3, 0.4) is 0 Å². The van der Waals surface area contributed by atoms with E-state index in [2.05, 4.69) is 11.4 Å². The highest BCUT2D eigenvalue weighted by Crippen LogP contribution is 2.49. The van der Waals surface area contributed by atoms with Crippen LogP contribution in [0.15, 0.2) is 0 Å². The summed E-state index contributed by atoms with van der Waals surface area (Å²) in [6.07, 6.45) is 10.8. The lowest BCUT2D eigenvalue weighted by Gasteiger charge is -2.43. The van der Waals surface area contributed by atoms with Crippen molar-refractivity contribution in [1.82, 2.24) is 0 Å². The van der Waals surface area contributed by atoms with Gasteiger partial charge in [0.2, 0.25) is 0 Å². The molecule has 0 aromatic rings. The van der Waals surface area contributed by atoms with E-state index in [1.54, 1.807) is 0 Å². The van der Waals surface area contributed by atoms with Crippen molar-refractivity contribution >= 4 is 27.4 Å². The summed E-state index contributed by atoms with van der Waals surface area (Å²) in [5.74, 6) is -0.237. The summed E-state index contributed by atoms with van der Waals surface area (Å²) in [5, 5.41) is 41.1. The van der Waals surface area contributed by atoms with Gasteiger partial charge in [0.1, 0.15) is 55.3 Å². The molecule has 0 aliphatic heterocycles. The van der Waals surface area contributed by atoms with Gasteiger partial charge in [-0.1, -0.05) is 129 Å². The van der Waals surface area contributed by atoms with E-state index in [0.29, 0.717) is 31.7 Å². The average Bonchev–Trinajstić information content (AvgIpc) is 3.18. The number of hydrogen-bond donors (Lipinski definition) is 7. The molecule has 0 saturated heterocycles. The Morgan fingerprint density at radius 1 is 0.525 bits per heavy atom. The minimum absolute atomic E-state index is 0.0955. The van der Waals surface area contributed by atoms with Crippen LogP contribution in [0, 0.1) is 0 Å². The van der Waals surface area contributed by atoms with Gasteiger partial charge in [0.15, 0.2) is 0 Å². The molecule has 0 radical (unpaired) electrons. The van der Waals surface area contributed by atoms with E-state index in [9.17, 15) is 44.0 Å². The summed E-state index contributed by atoms with van der Waals surface area (Å²) >= 11 is 0. The zero-order valence-electron chi connectivity index (χ0n) is 35.7. The van der Waals surface area contributed by atoms with E-state index in [1.807, 2.05) is 6.92 Å². The van der Waals surface area contributed by atoms with Crippen molar-refractivity contribution < 1.29 is 81.6 Å². The van der Waals surface area contributed by atoms with E-state index < -0.39 is 70.9 Å². The molecule has 4 unspecified atom stereocenters. The van der Waals surface area contributed by atoms with Crippen LogP contribution in [-0.4, -0.2) is 116 Å². The molecule has 350 valence electrons. The van der Waals surface area contributed by atoms with Gasteiger partial charge in [-0.2, -0.15) is 0 Å². The Morgan fingerprint density at radius 3 is 1.51 bits per heavy atom. The molecule has 59 heavy (non-hydrogen) atoms. The molecule has 7 N–H and O–H groups in total. The number of aliphatic hydroxyl groups excluding tert-OH is 4. The zero-order valence-corrected chi connectivity index (χ0v) is 37.4. The number of aliphatic hydroxyl groups is 4. The summed E-state index contributed by atoms with van der Waals surface area (Å²) in [4.78, 5) is 53.1. The van der Waals surface area contributed by atoms with Crippen molar-refractivity contribution in [1.29, 1.82) is 0 Å². The van der Waals surface area contributed by atoms with Gasteiger partial charge in [-0.3, -0.25) is 23.2 Å². The highest BCUT2D eigenvalue weighted by atomic mass is 31.2. The molecule has 1 aliphatic carbocycles. The van der Waals surface area contributed by atoms with Crippen LogP contribution >= 0.6 is 15.6 Å². The molecule has 1 aliphatic rings. The maximum absolute atomic E-state index is 12.9. The third kappa shape index (κ3) is 28.4. The fourth-order valence-electron chi connectivity index (χ4n) is 6.89. The number of phosphoric ester groups is 2. The molecular formula is C40H78O17P2. The Labute approximate surface area is 352 Å². The number of rotatable bonds is 39. The number of hydrogen-bond acceptors (Lipinski definition) is 14. The fraction of sp³-hybridized carbons (Fsp3) is 0.950. The molecule has 17 nitrogen and oxygen atoms in total. The Kier molecular flexibility index (Phi) is 32.0. The van der Waals surface area contributed by atoms with E-state index >= 15 is 0 Å². The molecule has 0 aromatic carbocycles. The first-order valence-corrected chi connectivity index (χ1v) is 25.1. The van der Waals surface area contributed by atoms with Gasteiger partial charge in [-0.15, -0.1) is 0 Å². The van der Waals surface area contributed by atoms with Crippen molar-refractivity contribution in [2.75, 3.05) is 26.6 Å². The number of phosphoric acid groups is 2. The second-order valence-electron chi connectivity index (χ2n) is 15.7. The summed E-state index contributed by atoms with van der Waals surface area (Å²) in [7, 11) is -10.6. The molecule has 8 atom stereocenters. The van der Waals surface area contributed by atoms with Crippen molar-refractivity contribution in [2.45, 2.75) is 217 Å². The van der Waals surface area contributed by atoms with Gasteiger partial charge in [0.05, 0.1) is 13.2 Å². The minimum atomic E-state index is -5.34. The lowest BCUT2D eigenvalue weighted by molar-refractivity contribution is -0.216. The second kappa shape index (κ2) is 33.6.